The van der Waals surface area contributed by atoms with Gasteiger partial charge in [-0.1, -0.05) is 29.8 Å². The molecule has 0 aliphatic carbocycles. The highest BCUT2D eigenvalue weighted by Gasteiger charge is 2.11. The van der Waals surface area contributed by atoms with Crippen molar-refractivity contribution in [3.05, 3.63) is 76.8 Å². The number of hydrogen-bond acceptors (Lipinski definition) is 4. The number of nitrogen functional groups attached to an aromatic ring is 1. The van der Waals surface area contributed by atoms with Gasteiger partial charge in [-0.15, -0.1) is 0 Å². The van der Waals surface area contributed by atoms with Crippen LogP contribution < -0.4 is 5.73 Å². The second kappa shape index (κ2) is 6.18. The molecule has 3 heterocycles. The molecule has 0 saturated carbocycles. The monoisotopic (exact) mass is 349 g/mol. The molecule has 0 bridgehead atoms. The molecule has 0 saturated heterocycles. The van der Waals surface area contributed by atoms with Crippen LogP contribution in [0.25, 0.3) is 16.8 Å². The second-order valence-electron chi connectivity index (χ2n) is 5.97. The lowest BCUT2D eigenvalue weighted by Gasteiger charge is -2.08. The fourth-order valence-electron chi connectivity index (χ4n) is 2.89. The SMILES string of the molecule is Cc1nc2c(-c3cccc(Cl)c3)cc(Cc3ccc(N)nc3)cn2n1. The number of fused-ring (bicyclic) bond motifs is 1. The normalized spacial score (nSPS) is 11.1. The number of benzene rings is 1. The molecule has 1 aromatic carbocycles. The number of aromatic nitrogens is 4. The average Bonchev–Trinajstić information content (AvgIpc) is 2.96. The van der Waals surface area contributed by atoms with E-state index in [2.05, 4.69) is 21.1 Å². The fourth-order valence-corrected chi connectivity index (χ4v) is 3.08. The van der Waals surface area contributed by atoms with E-state index in [0.717, 1.165) is 40.1 Å². The summed E-state index contributed by atoms with van der Waals surface area (Å²) in [4.78, 5) is 8.72. The Kier molecular flexibility index (Phi) is 3.86. The fraction of sp³-hybridized carbons (Fsp3) is 0.105. The highest BCUT2D eigenvalue weighted by atomic mass is 35.5. The first-order chi connectivity index (χ1) is 12.1. The van der Waals surface area contributed by atoms with Crippen LogP contribution in [-0.2, 0) is 6.42 Å². The van der Waals surface area contributed by atoms with Crippen molar-refractivity contribution in [2.45, 2.75) is 13.3 Å². The molecule has 0 aliphatic heterocycles. The lowest BCUT2D eigenvalue weighted by molar-refractivity contribution is 0.916. The van der Waals surface area contributed by atoms with E-state index in [4.69, 9.17) is 17.3 Å². The molecular formula is C19H16ClN5. The van der Waals surface area contributed by atoms with Crippen molar-refractivity contribution < 1.29 is 0 Å². The largest absolute Gasteiger partial charge is 0.384 e. The Morgan fingerprint density at radius 2 is 2.00 bits per heavy atom. The summed E-state index contributed by atoms with van der Waals surface area (Å²) in [6.07, 6.45) is 4.53. The standard InChI is InChI=1S/C19H16ClN5/c1-12-23-19-17(15-3-2-4-16(20)9-15)8-14(11-25(19)24-12)7-13-5-6-18(21)22-10-13/h2-6,8-11H,7H2,1H3,(H2,21,22). The van der Waals surface area contributed by atoms with Gasteiger partial charge in [0.2, 0.25) is 0 Å². The minimum atomic E-state index is 0.519. The minimum Gasteiger partial charge on any atom is -0.384 e. The number of rotatable bonds is 3. The maximum Gasteiger partial charge on any atom is 0.163 e. The molecule has 0 aliphatic rings. The van der Waals surface area contributed by atoms with Crippen LogP contribution in [-0.4, -0.2) is 19.6 Å². The summed E-state index contributed by atoms with van der Waals surface area (Å²) in [7, 11) is 0. The zero-order valence-corrected chi connectivity index (χ0v) is 14.4. The number of aryl methyl sites for hydroxylation is 1. The van der Waals surface area contributed by atoms with E-state index in [9.17, 15) is 0 Å². The van der Waals surface area contributed by atoms with E-state index < -0.39 is 0 Å². The molecule has 0 radical (unpaired) electrons. The number of anilines is 1. The summed E-state index contributed by atoms with van der Waals surface area (Å²) in [5, 5.41) is 5.17. The van der Waals surface area contributed by atoms with Crippen LogP contribution in [0.3, 0.4) is 0 Å². The van der Waals surface area contributed by atoms with Gasteiger partial charge in [-0.25, -0.2) is 14.5 Å². The Labute approximate surface area is 150 Å². The van der Waals surface area contributed by atoms with E-state index in [0.29, 0.717) is 10.8 Å². The smallest absolute Gasteiger partial charge is 0.163 e. The van der Waals surface area contributed by atoms with Gasteiger partial charge in [0.05, 0.1) is 0 Å². The lowest BCUT2D eigenvalue weighted by atomic mass is 10.0. The molecule has 0 unspecified atom stereocenters. The van der Waals surface area contributed by atoms with Crippen LogP contribution in [0.2, 0.25) is 5.02 Å². The summed E-state index contributed by atoms with van der Waals surface area (Å²) >= 11 is 6.17. The van der Waals surface area contributed by atoms with Crippen LogP contribution in [0.15, 0.2) is 54.9 Å². The Balaban J connectivity index is 1.84. The number of nitrogens with two attached hydrogens (primary N) is 1. The highest BCUT2D eigenvalue weighted by molar-refractivity contribution is 6.30. The first-order valence-electron chi connectivity index (χ1n) is 7.91. The number of hydrogen-bond donors (Lipinski definition) is 1. The van der Waals surface area contributed by atoms with E-state index >= 15 is 0 Å². The zero-order chi connectivity index (χ0) is 17.4. The molecule has 4 rings (SSSR count). The second-order valence-corrected chi connectivity index (χ2v) is 6.40. The van der Waals surface area contributed by atoms with Gasteiger partial charge in [0.1, 0.15) is 11.6 Å². The summed E-state index contributed by atoms with van der Waals surface area (Å²) in [6, 6.07) is 13.7. The van der Waals surface area contributed by atoms with Gasteiger partial charge in [0, 0.05) is 29.4 Å². The number of nitrogens with zero attached hydrogens (tertiary/aromatic N) is 4. The molecule has 2 N–H and O–H groups in total. The third-order valence-electron chi connectivity index (χ3n) is 3.99. The third-order valence-corrected chi connectivity index (χ3v) is 4.22. The molecule has 4 aromatic rings. The first kappa shape index (κ1) is 15.6. The summed E-state index contributed by atoms with van der Waals surface area (Å²) in [5.41, 5.74) is 10.7. The van der Waals surface area contributed by atoms with Gasteiger partial charge in [-0.05, 0) is 47.9 Å². The van der Waals surface area contributed by atoms with Crippen molar-refractivity contribution in [3.8, 4) is 11.1 Å². The molecule has 124 valence electrons. The molecule has 0 amide bonds. The Morgan fingerprint density at radius 3 is 2.76 bits per heavy atom. The predicted molar refractivity (Wildman–Crippen MR) is 99.6 cm³/mol. The van der Waals surface area contributed by atoms with Gasteiger partial charge in [-0.2, -0.15) is 5.10 Å². The van der Waals surface area contributed by atoms with Crippen LogP contribution >= 0.6 is 11.6 Å². The molecule has 25 heavy (non-hydrogen) atoms. The maximum absolute atomic E-state index is 6.17. The lowest BCUT2D eigenvalue weighted by Crippen LogP contribution is -1.98. The molecule has 6 heteroatoms. The zero-order valence-electron chi connectivity index (χ0n) is 13.6. The molecule has 0 spiro atoms. The Morgan fingerprint density at radius 1 is 1.12 bits per heavy atom. The summed E-state index contributed by atoms with van der Waals surface area (Å²) < 4.78 is 1.83. The molecule has 0 fully saturated rings. The van der Waals surface area contributed by atoms with Crippen molar-refractivity contribution in [1.82, 2.24) is 19.6 Å². The summed E-state index contributed by atoms with van der Waals surface area (Å²) in [5.74, 6) is 1.25. The van der Waals surface area contributed by atoms with E-state index in [1.54, 1.807) is 6.20 Å². The van der Waals surface area contributed by atoms with Crippen molar-refractivity contribution >= 4 is 23.1 Å². The topological polar surface area (TPSA) is 69.1 Å². The molecule has 0 atom stereocenters. The van der Waals surface area contributed by atoms with E-state index in [1.165, 1.54) is 0 Å². The van der Waals surface area contributed by atoms with Crippen molar-refractivity contribution in [2.75, 3.05) is 5.73 Å². The molecule has 5 nitrogen and oxygen atoms in total. The van der Waals surface area contributed by atoms with Crippen LogP contribution in [0.4, 0.5) is 5.82 Å². The molecular weight excluding hydrogens is 334 g/mol. The number of pyridine rings is 2. The van der Waals surface area contributed by atoms with E-state index in [-0.39, 0.29) is 0 Å². The van der Waals surface area contributed by atoms with Gasteiger partial charge >= 0.3 is 0 Å². The first-order valence-corrected chi connectivity index (χ1v) is 8.28. The maximum atomic E-state index is 6.17. The van der Waals surface area contributed by atoms with Gasteiger partial charge in [-0.3, -0.25) is 0 Å². The van der Waals surface area contributed by atoms with Gasteiger partial charge in [0.25, 0.3) is 0 Å². The summed E-state index contributed by atoms with van der Waals surface area (Å²) in [6.45, 7) is 1.89. The minimum absolute atomic E-state index is 0.519. The average molecular weight is 350 g/mol. The van der Waals surface area contributed by atoms with Crippen molar-refractivity contribution in [1.29, 1.82) is 0 Å². The quantitative estimate of drug-likeness (QED) is 0.608. The highest BCUT2D eigenvalue weighted by Crippen LogP contribution is 2.28. The van der Waals surface area contributed by atoms with Crippen molar-refractivity contribution in [2.24, 2.45) is 0 Å². The third kappa shape index (κ3) is 3.19. The van der Waals surface area contributed by atoms with Crippen LogP contribution in [0, 0.1) is 6.92 Å². The van der Waals surface area contributed by atoms with Crippen LogP contribution in [0.1, 0.15) is 17.0 Å². The van der Waals surface area contributed by atoms with Crippen LogP contribution in [0.5, 0.6) is 0 Å². The van der Waals surface area contributed by atoms with Gasteiger partial charge < -0.3 is 5.73 Å². The predicted octanol–water partition coefficient (Wildman–Crippen LogP) is 3.93. The number of halogens is 1. The Hall–Kier alpha value is -2.92. The molecule has 3 aromatic heterocycles. The van der Waals surface area contributed by atoms with E-state index in [1.807, 2.05) is 54.0 Å². The van der Waals surface area contributed by atoms with Crippen molar-refractivity contribution in [3.63, 3.8) is 0 Å². The van der Waals surface area contributed by atoms with Gasteiger partial charge in [0.15, 0.2) is 5.65 Å². The Bertz CT molecular complexity index is 1050.